The molecule has 5 nitrogen and oxygen atoms in total. The number of amides is 1. The number of aliphatic hydroxyl groups is 1. The van der Waals surface area contributed by atoms with E-state index in [1.807, 2.05) is 6.92 Å². The van der Waals surface area contributed by atoms with Gasteiger partial charge in [-0.3, -0.25) is 4.79 Å². The fourth-order valence-electron chi connectivity index (χ4n) is 2.55. The fraction of sp³-hybridized carbons (Fsp3) is 0.600. The summed E-state index contributed by atoms with van der Waals surface area (Å²) in [6.07, 6.45) is 5.17. The van der Waals surface area contributed by atoms with Gasteiger partial charge in [-0.05, 0) is 44.6 Å². The second-order valence-corrected chi connectivity index (χ2v) is 5.72. The summed E-state index contributed by atoms with van der Waals surface area (Å²) in [6, 6.07) is 1.74. The minimum Gasteiger partial charge on any atom is -0.477 e. The first-order valence-electron chi connectivity index (χ1n) is 7.34. The van der Waals surface area contributed by atoms with Crippen molar-refractivity contribution in [3.05, 3.63) is 22.8 Å². The number of aromatic nitrogens is 1. The van der Waals surface area contributed by atoms with E-state index in [0.29, 0.717) is 29.0 Å². The van der Waals surface area contributed by atoms with Gasteiger partial charge < -0.3 is 15.2 Å². The monoisotopic (exact) mass is 312 g/mol. The van der Waals surface area contributed by atoms with Crippen LogP contribution in [0, 0.1) is 5.92 Å². The number of carbonyl (C=O) groups is 1. The number of pyridine rings is 1. The molecule has 1 aromatic rings. The Kier molecular flexibility index (Phi) is 5.82. The van der Waals surface area contributed by atoms with Crippen molar-refractivity contribution >= 4 is 17.5 Å². The van der Waals surface area contributed by atoms with Crippen LogP contribution in [0.2, 0.25) is 5.02 Å². The van der Waals surface area contributed by atoms with Crippen molar-refractivity contribution in [3.63, 3.8) is 0 Å². The molecule has 0 atom stereocenters. The van der Waals surface area contributed by atoms with E-state index in [4.69, 9.17) is 21.4 Å². The zero-order valence-electron chi connectivity index (χ0n) is 12.1. The normalized spacial score (nSPS) is 21.9. The number of nitrogens with zero attached hydrogens (tertiary/aromatic N) is 1. The topological polar surface area (TPSA) is 71.5 Å². The predicted molar refractivity (Wildman–Crippen MR) is 80.7 cm³/mol. The SMILES string of the molecule is CCOc1ncc(C(=O)NC2CCC(CO)CC2)cc1Cl. The number of hydrogen-bond donors (Lipinski definition) is 2. The number of nitrogens with one attached hydrogen (secondary N) is 1. The van der Waals surface area contributed by atoms with E-state index in [9.17, 15) is 4.79 Å². The summed E-state index contributed by atoms with van der Waals surface area (Å²) in [6.45, 7) is 2.56. The van der Waals surface area contributed by atoms with Crippen molar-refractivity contribution in [2.24, 2.45) is 5.92 Å². The zero-order chi connectivity index (χ0) is 15.2. The molecule has 0 bridgehead atoms. The van der Waals surface area contributed by atoms with Crippen molar-refractivity contribution in [1.29, 1.82) is 0 Å². The summed E-state index contributed by atoms with van der Waals surface area (Å²) in [5, 5.41) is 12.5. The Bertz CT molecular complexity index is 488. The van der Waals surface area contributed by atoms with Crippen LogP contribution in [-0.4, -0.2) is 35.3 Å². The molecule has 1 aromatic heterocycles. The van der Waals surface area contributed by atoms with E-state index < -0.39 is 0 Å². The minimum absolute atomic E-state index is 0.158. The molecule has 21 heavy (non-hydrogen) atoms. The van der Waals surface area contributed by atoms with Crippen molar-refractivity contribution in [2.75, 3.05) is 13.2 Å². The van der Waals surface area contributed by atoms with E-state index in [-0.39, 0.29) is 18.6 Å². The van der Waals surface area contributed by atoms with E-state index >= 15 is 0 Å². The average molecular weight is 313 g/mol. The molecular weight excluding hydrogens is 292 g/mol. The van der Waals surface area contributed by atoms with Crippen LogP contribution in [0.4, 0.5) is 0 Å². The molecule has 1 aliphatic rings. The highest BCUT2D eigenvalue weighted by Gasteiger charge is 2.22. The molecule has 0 aliphatic heterocycles. The third-order valence-electron chi connectivity index (χ3n) is 3.79. The lowest BCUT2D eigenvalue weighted by atomic mass is 9.86. The van der Waals surface area contributed by atoms with Gasteiger partial charge in [-0.1, -0.05) is 11.6 Å². The minimum atomic E-state index is -0.167. The summed E-state index contributed by atoms with van der Waals surface area (Å²) in [5.74, 6) is 0.554. The quantitative estimate of drug-likeness (QED) is 0.876. The molecule has 2 N–H and O–H groups in total. The van der Waals surface area contributed by atoms with E-state index in [1.165, 1.54) is 6.20 Å². The van der Waals surface area contributed by atoms with Crippen LogP contribution in [0.25, 0.3) is 0 Å². The Morgan fingerprint density at radius 2 is 2.19 bits per heavy atom. The van der Waals surface area contributed by atoms with E-state index in [1.54, 1.807) is 6.07 Å². The zero-order valence-corrected chi connectivity index (χ0v) is 12.9. The summed E-state index contributed by atoms with van der Waals surface area (Å²) in [4.78, 5) is 16.2. The van der Waals surface area contributed by atoms with Crippen molar-refractivity contribution in [1.82, 2.24) is 10.3 Å². The molecule has 1 aliphatic carbocycles. The lowest BCUT2D eigenvalue weighted by Crippen LogP contribution is -2.38. The smallest absolute Gasteiger partial charge is 0.253 e. The molecule has 0 radical (unpaired) electrons. The fourth-order valence-corrected chi connectivity index (χ4v) is 2.77. The maximum absolute atomic E-state index is 12.2. The van der Waals surface area contributed by atoms with Crippen LogP contribution in [0.1, 0.15) is 43.0 Å². The number of carbonyl (C=O) groups excluding carboxylic acids is 1. The third-order valence-corrected chi connectivity index (χ3v) is 4.06. The summed E-state index contributed by atoms with van der Waals surface area (Å²) in [7, 11) is 0. The van der Waals surface area contributed by atoms with Crippen molar-refractivity contribution in [2.45, 2.75) is 38.6 Å². The number of ether oxygens (including phenoxy) is 1. The van der Waals surface area contributed by atoms with Crippen LogP contribution >= 0.6 is 11.6 Å². The summed E-state index contributed by atoms with van der Waals surface area (Å²) >= 11 is 6.04. The number of halogens is 1. The Morgan fingerprint density at radius 3 is 2.76 bits per heavy atom. The highest BCUT2D eigenvalue weighted by atomic mass is 35.5. The van der Waals surface area contributed by atoms with Gasteiger partial charge in [0, 0.05) is 18.8 Å². The van der Waals surface area contributed by atoms with Gasteiger partial charge in [-0.15, -0.1) is 0 Å². The first kappa shape index (κ1) is 16.0. The molecule has 1 saturated carbocycles. The maximum atomic E-state index is 12.2. The van der Waals surface area contributed by atoms with Gasteiger partial charge in [0.05, 0.1) is 12.2 Å². The maximum Gasteiger partial charge on any atom is 0.253 e. The number of hydrogen-bond acceptors (Lipinski definition) is 4. The predicted octanol–water partition coefficient (Wildman–Crippen LogP) is 2.41. The Morgan fingerprint density at radius 1 is 1.48 bits per heavy atom. The molecule has 0 aromatic carbocycles. The number of rotatable bonds is 5. The second-order valence-electron chi connectivity index (χ2n) is 5.32. The van der Waals surface area contributed by atoms with Crippen LogP contribution in [0.5, 0.6) is 5.88 Å². The van der Waals surface area contributed by atoms with Gasteiger partial charge in [-0.25, -0.2) is 4.98 Å². The van der Waals surface area contributed by atoms with Gasteiger partial charge in [-0.2, -0.15) is 0 Å². The molecule has 0 spiro atoms. The lowest BCUT2D eigenvalue weighted by molar-refractivity contribution is 0.0913. The average Bonchev–Trinajstić information content (AvgIpc) is 2.50. The summed E-state index contributed by atoms with van der Waals surface area (Å²) < 4.78 is 5.25. The third kappa shape index (κ3) is 4.32. The van der Waals surface area contributed by atoms with Gasteiger partial charge in [0.15, 0.2) is 0 Å². The molecule has 0 unspecified atom stereocenters. The second kappa shape index (κ2) is 7.61. The molecule has 6 heteroatoms. The first-order chi connectivity index (χ1) is 10.1. The molecule has 1 amide bonds. The molecule has 1 heterocycles. The number of aliphatic hydroxyl groups excluding tert-OH is 1. The molecule has 1 fully saturated rings. The first-order valence-corrected chi connectivity index (χ1v) is 7.71. The van der Waals surface area contributed by atoms with Gasteiger partial charge in [0.1, 0.15) is 5.02 Å². The Labute approximate surface area is 129 Å². The molecule has 116 valence electrons. The van der Waals surface area contributed by atoms with Crippen LogP contribution < -0.4 is 10.1 Å². The summed E-state index contributed by atoms with van der Waals surface area (Å²) in [5.41, 5.74) is 0.438. The van der Waals surface area contributed by atoms with Crippen molar-refractivity contribution < 1.29 is 14.6 Å². The van der Waals surface area contributed by atoms with Gasteiger partial charge in [0.2, 0.25) is 5.88 Å². The van der Waals surface area contributed by atoms with Crippen molar-refractivity contribution in [3.8, 4) is 5.88 Å². The van der Waals surface area contributed by atoms with E-state index in [2.05, 4.69) is 10.3 Å². The van der Waals surface area contributed by atoms with Crippen LogP contribution in [-0.2, 0) is 0 Å². The lowest BCUT2D eigenvalue weighted by Gasteiger charge is -2.27. The van der Waals surface area contributed by atoms with Gasteiger partial charge >= 0.3 is 0 Å². The highest BCUT2D eigenvalue weighted by molar-refractivity contribution is 6.32. The standard InChI is InChI=1S/C15H21ClN2O3/c1-2-21-15-13(16)7-11(8-17-15)14(20)18-12-5-3-10(9-19)4-6-12/h7-8,10,12,19H,2-6,9H2,1H3,(H,18,20). The van der Waals surface area contributed by atoms with Crippen LogP contribution in [0.3, 0.4) is 0 Å². The molecular formula is C15H21ClN2O3. The Hall–Kier alpha value is -1.33. The largest absolute Gasteiger partial charge is 0.477 e. The van der Waals surface area contributed by atoms with Gasteiger partial charge in [0.25, 0.3) is 5.91 Å². The molecule has 2 rings (SSSR count). The highest BCUT2D eigenvalue weighted by Crippen LogP contribution is 2.25. The van der Waals surface area contributed by atoms with Crippen LogP contribution in [0.15, 0.2) is 12.3 Å². The Balaban J connectivity index is 1.93. The molecule has 0 saturated heterocycles. The van der Waals surface area contributed by atoms with E-state index in [0.717, 1.165) is 25.7 Å².